The molecule has 2 heterocycles. The summed E-state index contributed by atoms with van der Waals surface area (Å²) < 4.78 is 13.0. The summed E-state index contributed by atoms with van der Waals surface area (Å²) in [6, 6.07) is 8.98. The van der Waals surface area contributed by atoms with E-state index in [1.54, 1.807) is 30.5 Å². The second-order valence-corrected chi connectivity index (χ2v) is 5.95. The van der Waals surface area contributed by atoms with Crippen molar-refractivity contribution in [2.45, 2.75) is 25.0 Å². The third-order valence-corrected chi connectivity index (χ3v) is 4.25. The fourth-order valence-electron chi connectivity index (χ4n) is 2.93. The summed E-state index contributed by atoms with van der Waals surface area (Å²) in [4.78, 5) is 12.5. The number of nitrogens with zero attached hydrogens (tertiary/aromatic N) is 2. The van der Waals surface area contributed by atoms with E-state index in [9.17, 15) is 4.79 Å². The highest BCUT2D eigenvalue weighted by atomic mass is 16.5. The van der Waals surface area contributed by atoms with Gasteiger partial charge in [-0.3, -0.25) is 9.48 Å². The number of carbonyl (C=O) groups is 1. The Hall–Kier alpha value is -2.78. The molecule has 1 aliphatic heterocycles. The van der Waals surface area contributed by atoms with Crippen molar-refractivity contribution < 1.29 is 14.3 Å². The lowest BCUT2D eigenvalue weighted by Crippen LogP contribution is -2.40. The molecule has 1 N–H and O–H groups in total. The second-order valence-electron chi connectivity index (χ2n) is 5.95. The van der Waals surface area contributed by atoms with E-state index in [2.05, 4.69) is 16.3 Å². The topological polar surface area (TPSA) is 65.4 Å². The summed E-state index contributed by atoms with van der Waals surface area (Å²) in [5.41, 5.74) is 1.62. The van der Waals surface area contributed by atoms with Crippen molar-refractivity contribution in [1.82, 2.24) is 15.1 Å². The van der Waals surface area contributed by atoms with Gasteiger partial charge in [-0.1, -0.05) is 5.92 Å². The molecule has 0 radical (unpaired) electrons. The summed E-state index contributed by atoms with van der Waals surface area (Å²) in [5.74, 6) is 2.96. The van der Waals surface area contributed by atoms with E-state index in [-0.39, 0.29) is 24.7 Å². The molecule has 1 aromatic carbocycles. The highest BCUT2D eigenvalue weighted by Crippen LogP contribution is 2.27. The van der Waals surface area contributed by atoms with Crippen LogP contribution in [0.15, 0.2) is 36.5 Å². The molecule has 25 heavy (non-hydrogen) atoms. The molecule has 2 atom stereocenters. The molecule has 1 aliphatic rings. The molecule has 0 saturated carbocycles. The predicted octanol–water partition coefficient (Wildman–Crippen LogP) is 2.08. The van der Waals surface area contributed by atoms with Crippen molar-refractivity contribution in [2.75, 3.05) is 13.2 Å². The van der Waals surface area contributed by atoms with E-state index in [4.69, 9.17) is 15.9 Å². The van der Waals surface area contributed by atoms with Crippen molar-refractivity contribution in [3.8, 4) is 18.1 Å². The number of hydrogen-bond donors (Lipinski definition) is 1. The monoisotopic (exact) mass is 339 g/mol. The predicted molar refractivity (Wildman–Crippen MR) is 93.2 cm³/mol. The van der Waals surface area contributed by atoms with E-state index in [1.165, 1.54) is 0 Å². The maximum absolute atomic E-state index is 12.5. The van der Waals surface area contributed by atoms with Gasteiger partial charge in [0.25, 0.3) is 5.91 Å². The first-order chi connectivity index (χ1) is 12.2. The number of aromatic nitrogens is 2. The number of rotatable bonds is 5. The molecule has 1 saturated heterocycles. The van der Waals surface area contributed by atoms with E-state index < -0.39 is 0 Å². The Kier molecular flexibility index (Phi) is 5.36. The number of benzene rings is 1. The molecule has 0 bridgehead atoms. The maximum atomic E-state index is 12.5. The molecular weight excluding hydrogens is 318 g/mol. The number of ether oxygens (including phenoxy) is 2. The Morgan fingerprint density at radius 3 is 2.92 bits per heavy atom. The fraction of sp³-hybridized carbons (Fsp3) is 0.368. The summed E-state index contributed by atoms with van der Waals surface area (Å²) in [7, 11) is 1.89. The molecule has 0 aliphatic carbocycles. The molecule has 2 aromatic rings. The Morgan fingerprint density at radius 1 is 1.44 bits per heavy atom. The normalized spacial score (nSPS) is 19.8. The van der Waals surface area contributed by atoms with Gasteiger partial charge in [-0.2, -0.15) is 5.10 Å². The van der Waals surface area contributed by atoms with Gasteiger partial charge in [0.2, 0.25) is 0 Å². The third-order valence-electron chi connectivity index (χ3n) is 4.25. The van der Waals surface area contributed by atoms with Gasteiger partial charge in [0.15, 0.2) is 0 Å². The van der Waals surface area contributed by atoms with Crippen LogP contribution in [0.1, 0.15) is 35.0 Å². The van der Waals surface area contributed by atoms with Crippen molar-refractivity contribution in [3.63, 3.8) is 0 Å². The first-order valence-electron chi connectivity index (χ1n) is 8.24. The molecule has 3 rings (SSSR count). The second kappa shape index (κ2) is 7.86. The largest absolute Gasteiger partial charge is 0.481 e. The van der Waals surface area contributed by atoms with Gasteiger partial charge < -0.3 is 14.8 Å². The molecule has 0 spiro atoms. The number of terminal acetylenes is 1. The minimum atomic E-state index is -0.0980. The minimum absolute atomic E-state index is 0.0499. The number of hydrogen-bond acceptors (Lipinski definition) is 4. The van der Waals surface area contributed by atoms with Crippen LogP contribution in [-0.4, -0.2) is 34.9 Å². The van der Waals surface area contributed by atoms with Gasteiger partial charge in [0, 0.05) is 31.5 Å². The quantitative estimate of drug-likeness (QED) is 0.847. The fourth-order valence-corrected chi connectivity index (χ4v) is 2.93. The standard InChI is InChI=1S/C19H21N3O3/c1-3-11-24-16-6-4-14(5-7-16)19(23)21-15-9-12-25-18(13-15)17-8-10-20-22(17)2/h1,4-8,10,15,18H,9,11-13H2,2H3,(H,21,23)/t15-,18+/m0/s1. The first kappa shape index (κ1) is 17.1. The van der Waals surface area contributed by atoms with Crippen LogP contribution in [0.2, 0.25) is 0 Å². The van der Waals surface area contributed by atoms with Crippen LogP contribution in [0.25, 0.3) is 0 Å². The van der Waals surface area contributed by atoms with E-state index in [0.29, 0.717) is 17.9 Å². The molecule has 0 unspecified atom stereocenters. The number of carbonyl (C=O) groups excluding carboxylic acids is 1. The van der Waals surface area contributed by atoms with Gasteiger partial charge in [-0.25, -0.2) is 0 Å². The van der Waals surface area contributed by atoms with Crippen LogP contribution >= 0.6 is 0 Å². The van der Waals surface area contributed by atoms with Gasteiger partial charge in [-0.05, 0) is 43.2 Å². The first-order valence-corrected chi connectivity index (χ1v) is 8.24. The van der Waals surface area contributed by atoms with Crippen LogP contribution in [0.5, 0.6) is 5.75 Å². The van der Waals surface area contributed by atoms with Gasteiger partial charge in [0.1, 0.15) is 18.5 Å². The lowest BCUT2D eigenvalue weighted by molar-refractivity contribution is -0.00353. The summed E-state index contributed by atoms with van der Waals surface area (Å²) in [6.45, 7) is 0.822. The minimum Gasteiger partial charge on any atom is -0.481 e. The Balaban J connectivity index is 1.59. The van der Waals surface area contributed by atoms with Crippen molar-refractivity contribution in [1.29, 1.82) is 0 Å². The zero-order chi connectivity index (χ0) is 17.6. The van der Waals surface area contributed by atoms with Crippen molar-refractivity contribution in [2.24, 2.45) is 7.05 Å². The smallest absolute Gasteiger partial charge is 0.251 e. The average Bonchev–Trinajstić information content (AvgIpc) is 3.06. The Morgan fingerprint density at radius 2 is 2.24 bits per heavy atom. The van der Waals surface area contributed by atoms with E-state index in [1.807, 2.05) is 17.8 Å². The molecular formula is C19H21N3O3. The maximum Gasteiger partial charge on any atom is 0.251 e. The Labute approximate surface area is 147 Å². The molecule has 6 heteroatoms. The Bertz CT molecular complexity index is 761. The molecule has 1 aromatic heterocycles. The summed E-state index contributed by atoms with van der Waals surface area (Å²) >= 11 is 0. The van der Waals surface area contributed by atoms with Crippen molar-refractivity contribution in [3.05, 3.63) is 47.8 Å². The number of nitrogens with one attached hydrogen (secondary N) is 1. The SMILES string of the molecule is C#CCOc1ccc(C(=O)N[C@H]2CCO[C@@H](c3ccnn3C)C2)cc1. The molecule has 1 amide bonds. The zero-order valence-electron chi connectivity index (χ0n) is 14.1. The highest BCUT2D eigenvalue weighted by molar-refractivity contribution is 5.94. The van der Waals surface area contributed by atoms with Crippen LogP contribution in [0, 0.1) is 12.3 Å². The van der Waals surface area contributed by atoms with Crippen LogP contribution in [0.3, 0.4) is 0 Å². The zero-order valence-corrected chi connectivity index (χ0v) is 14.1. The molecule has 1 fully saturated rings. The van der Waals surface area contributed by atoms with Crippen molar-refractivity contribution >= 4 is 5.91 Å². The third kappa shape index (κ3) is 4.20. The highest BCUT2D eigenvalue weighted by Gasteiger charge is 2.27. The molecule has 6 nitrogen and oxygen atoms in total. The van der Waals surface area contributed by atoms with Crippen LogP contribution in [0.4, 0.5) is 0 Å². The number of aryl methyl sites for hydroxylation is 1. The van der Waals surface area contributed by atoms with E-state index >= 15 is 0 Å². The summed E-state index contributed by atoms with van der Waals surface area (Å²) in [5, 5.41) is 7.27. The van der Waals surface area contributed by atoms with Gasteiger partial charge in [-0.15, -0.1) is 6.42 Å². The average molecular weight is 339 g/mol. The van der Waals surface area contributed by atoms with Gasteiger partial charge >= 0.3 is 0 Å². The van der Waals surface area contributed by atoms with Crippen LogP contribution in [-0.2, 0) is 11.8 Å². The van der Waals surface area contributed by atoms with E-state index in [0.717, 1.165) is 18.5 Å². The van der Waals surface area contributed by atoms with Gasteiger partial charge in [0.05, 0.1) is 5.69 Å². The van der Waals surface area contributed by atoms with Crippen LogP contribution < -0.4 is 10.1 Å². The lowest BCUT2D eigenvalue weighted by Gasteiger charge is -2.30. The molecule has 130 valence electrons. The summed E-state index contributed by atoms with van der Waals surface area (Å²) in [6.07, 6.45) is 8.39. The number of amides is 1. The lowest BCUT2D eigenvalue weighted by atomic mass is 10.0.